The number of aromatic nitrogens is 5. The molecule has 30 heavy (non-hydrogen) atoms. The van der Waals surface area contributed by atoms with E-state index < -0.39 is 0 Å². The first-order valence-electron chi connectivity index (χ1n) is 11.5. The second kappa shape index (κ2) is 10.1. The van der Waals surface area contributed by atoms with E-state index in [1.54, 1.807) is 0 Å². The van der Waals surface area contributed by atoms with Gasteiger partial charge in [0.15, 0.2) is 5.16 Å². The van der Waals surface area contributed by atoms with Gasteiger partial charge in [-0.1, -0.05) is 37.1 Å². The van der Waals surface area contributed by atoms with Crippen molar-refractivity contribution in [2.75, 3.05) is 18.8 Å². The van der Waals surface area contributed by atoms with E-state index in [2.05, 4.69) is 38.3 Å². The normalized spacial score (nSPS) is 19.4. The molecular weight excluding hydrogens is 392 g/mol. The summed E-state index contributed by atoms with van der Waals surface area (Å²) in [6.45, 7) is 10.1. The summed E-state index contributed by atoms with van der Waals surface area (Å²) in [5.74, 6) is 3.68. The zero-order valence-corrected chi connectivity index (χ0v) is 19.4. The van der Waals surface area contributed by atoms with Crippen molar-refractivity contribution < 1.29 is 0 Å². The Hall–Kier alpha value is -1.60. The van der Waals surface area contributed by atoms with Crippen LogP contribution >= 0.6 is 11.8 Å². The van der Waals surface area contributed by atoms with Crippen molar-refractivity contribution in [1.29, 1.82) is 0 Å². The van der Waals surface area contributed by atoms with Gasteiger partial charge in [0.1, 0.15) is 5.82 Å². The van der Waals surface area contributed by atoms with Crippen molar-refractivity contribution in [2.45, 2.75) is 76.0 Å². The van der Waals surface area contributed by atoms with Gasteiger partial charge in [-0.15, -0.1) is 16.8 Å². The monoisotopic (exact) mass is 428 g/mol. The van der Waals surface area contributed by atoms with Crippen LogP contribution in [-0.4, -0.2) is 48.3 Å². The van der Waals surface area contributed by atoms with Gasteiger partial charge in [-0.05, 0) is 51.6 Å². The second-order valence-corrected chi connectivity index (χ2v) is 9.97. The van der Waals surface area contributed by atoms with Crippen LogP contribution < -0.4 is 0 Å². The van der Waals surface area contributed by atoms with Crippen molar-refractivity contribution in [3.63, 3.8) is 0 Å². The molecule has 0 atom stereocenters. The molecule has 6 nitrogen and oxygen atoms in total. The molecule has 0 aromatic carbocycles. The molecule has 1 saturated carbocycles. The van der Waals surface area contributed by atoms with Crippen molar-refractivity contribution in [3.05, 3.63) is 35.9 Å². The number of hydrogen-bond donors (Lipinski definition) is 0. The van der Waals surface area contributed by atoms with Gasteiger partial charge in [-0.3, -0.25) is 9.58 Å². The molecule has 0 spiro atoms. The number of likely N-dealkylation sites (tertiary alicyclic amines) is 1. The lowest BCUT2D eigenvalue weighted by atomic mass is 9.91. The highest BCUT2D eigenvalue weighted by atomic mass is 32.2. The average molecular weight is 429 g/mol. The van der Waals surface area contributed by atoms with Crippen molar-refractivity contribution in [2.24, 2.45) is 13.0 Å². The Morgan fingerprint density at radius 3 is 2.57 bits per heavy atom. The van der Waals surface area contributed by atoms with Crippen LogP contribution in [-0.2, 0) is 20.1 Å². The highest BCUT2D eigenvalue weighted by molar-refractivity contribution is 7.99. The minimum Gasteiger partial charge on any atom is -0.302 e. The number of piperidine rings is 1. The summed E-state index contributed by atoms with van der Waals surface area (Å²) < 4.78 is 4.29. The van der Waals surface area contributed by atoms with Crippen molar-refractivity contribution in [3.8, 4) is 0 Å². The maximum absolute atomic E-state index is 4.66. The molecule has 7 heteroatoms. The van der Waals surface area contributed by atoms with Gasteiger partial charge in [-0.25, -0.2) is 0 Å². The van der Waals surface area contributed by atoms with E-state index >= 15 is 0 Å². The lowest BCUT2D eigenvalue weighted by Crippen LogP contribution is -2.33. The van der Waals surface area contributed by atoms with Crippen LogP contribution in [0.4, 0.5) is 0 Å². The van der Waals surface area contributed by atoms with Crippen LogP contribution in [0.15, 0.2) is 24.0 Å². The van der Waals surface area contributed by atoms with Gasteiger partial charge >= 0.3 is 0 Å². The van der Waals surface area contributed by atoms with E-state index in [0.717, 1.165) is 50.1 Å². The molecule has 0 N–H and O–H groups in total. The first-order chi connectivity index (χ1) is 14.7. The molecule has 0 amide bonds. The van der Waals surface area contributed by atoms with Crippen LogP contribution in [0.2, 0.25) is 0 Å². The number of nitrogens with zero attached hydrogens (tertiary/aromatic N) is 6. The summed E-state index contributed by atoms with van der Waals surface area (Å²) in [7, 11) is 2.02. The first kappa shape index (κ1) is 21.6. The van der Waals surface area contributed by atoms with Crippen LogP contribution in [0, 0.1) is 12.8 Å². The summed E-state index contributed by atoms with van der Waals surface area (Å²) in [6.07, 6.45) is 13.2. The molecule has 1 aliphatic heterocycles. The van der Waals surface area contributed by atoms with E-state index in [-0.39, 0.29) is 0 Å². The zero-order valence-electron chi connectivity index (χ0n) is 18.6. The summed E-state index contributed by atoms with van der Waals surface area (Å²) >= 11 is 1.91. The predicted octanol–water partition coefficient (Wildman–Crippen LogP) is 4.56. The quantitative estimate of drug-likeness (QED) is 0.456. The minimum absolute atomic E-state index is 0.493. The molecule has 0 radical (unpaired) electrons. The number of allylic oxidation sites excluding steroid dienone is 1. The smallest absolute Gasteiger partial charge is 0.191 e. The Kier molecular flexibility index (Phi) is 7.31. The van der Waals surface area contributed by atoms with Crippen molar-refractivity contribution >= 4 is 11.8 Å². The summed E-state index contributed by atoms with van der Waals surface area (Å²) in [5, 5.41) is 14.7. The molecule has 2 aromatic heterocycles. The fourth-order valence-corrected chi connectivity index (χ4v) is 5.99. The average Bonchev–Trinajstić information content (AvgIpc) is 3.32. The summed E-state index contributed by atoms with van der Waals surface area (Å²) in [5.41, 5.74) is 2.61. The molecule has 2 aliphatic rings. The lowest BCUT2D eigenvalue weighted by Gasteiger charge is -2.31. The van der Waals surface area contributed by atoms with E-state index in [9.17, 15) is 0 Å². The number of rotatable bonds is 8. The highest BCUT2D eigenvalue weighted by Crippen LogP contribution is 2.33. The fourth-order valence-electron chi connectivity index (χ4n) is 4.85. The molecule has 2 fully saturated rings. The van der Waals surface area contributed by atoms with Crippen LogP contribution in [0.25, 0.3) is 0 Å². The van der Waals surface area contributed by atoms with Crippen LogP contribution in [0.1, 0.15) is 67.9 Å². The van der Waals surface area contributed by atoms with Gasteiger partial charge in [0.05, 0.1) is 6.20 Å². The molecule has 0 unspecified atom stereocenters. The molecule has 3 heterocycles. The summed E-state index contributed by atoms with van der Waals surface area (Å²) in [6, 6.07) is 0. The Balaban J connectivity index is 1.36. The maximum atomic E-state index is 4.66. The largest absolute Gasteiger partial charge is 0.302 e. The van der Waals surface area contributed by atoms with E-state index in [1.165, 1.54) is 54.9 Å². The SMILES string of the molecule is C=CCn1c(SCC2CCCCC2)nnc1C1CCN(Cc2cnn(C)c2C)CC1. The molecule has 2 aromatic rings. The van der Waals surface area contributed by atoms with Crippen LogP contribution in [0.3, 0.4) is 0 Å². The Labute approximate surface area is 185 Å². The first-order valence-corrected chi connectivity index (χ1v) is 12.5. The van der Waals surface area contributed by atoms with E-state index in [1.807, 2.05) is 35.8 Å². The third-order valence-electron chi connectivity index (χ3n) is 6.91. The van der Waals surface area contributed by atoms with Gasteiger partial charge < -0.3 is 4.57 Å². The lowest BCUT2D eigenvalue weighted by molar-refractivity contribution is 0.199. The molecule has 0 bridgehead atoms. The standard InChI is InChI=1S/C23H36N6S/c1-4-12-29-22(25-26-23(29)30-17-19-8-6-5-7-9-19)20-10-13-28(14-11-20)16-21-15-24-27(3)18(21)2/h4,15,19-20H,1,5-14,16-17H2,2-3H3. The van der Waals surface area contributed by atoms with Crippen LogP contribution in [0.5, 0.6) is 0 Å². The minimum atomic E-state index is 0.493. The number of aryl methyl sites for hydroxylation is 1. The third-order valence-corrected chi connectivity index (χ3v) is 8.11. The van der Waals surface area contributed by atoms with Gasteiger partial charge in [0.25, 0.3) is 0 Å². The molecule has 164 valence electrons. The summed E-state index contributed by atoms with van der Waals surface area (Å²) in [4.78, 5) is 2.55. The van der Waals surface area contributed by atoms with Gasteiger partial charge in [0, 0.05) is 43.1 Å². The second-order valence-electron chi connectivity index (χ2n) is 8.98. The predicted molar refractivity (Wildman–Crippen MR) is 123 cm³/mol. The number of thioether (sulfide) groups is 1. The topological polar surface area (TPSA) is 51.8 Å². The Bertz CT molecular complexity index is 827. The molecular formula is C23H36N6S. The molecule has 1 saturated heterocycles. The van der Waals surface area contributed by atoms with Crippen molar-refractivity contribution in [1.82, 2.24) is 29.4 Å². The number of hydrogen-bond acceptors (Lipinski definition) is 5. The third kappa shape index (κ3) is 4.99. The Morgan fingerprint density at radius 2 is 1.90 bits per heavy atom. The molecule has 1 aliphatic carbocycles. The van der Waals surface area contributed by atoms with Gasteiger partial charge in [0.2, 0.25) is 0 Å². The highest BCUT2D eigenvalue weighted by Gasteiger charge is 2.27. The van der Waals surface area contributed by atoms with E-state index in [0.29, 0.717) is 5.92 Å². The van der Waals surface area contributed by atoms with E-state index in [4.69, 9.17) is 0 Å². The fraction of sp³-hybridized carbons (Fsp3) is 0.696. The Morgan fingerprint density at radius 1 is 1.13 bits per heavy atom. The molecule has 4 rings (SSSR count). The van der Waals surface area contributed by atoms with Gasteiger partial charge in [-0.2, -0.15) is 5.10 Å². The maximum Gasteiger partial charge on any atom is 0.191 e. The zero-order chi connectivity index (χ0) is 20.9.